The Bertz CT molecular complexity index is 105. The van der Waals surface area contributed by atoms with E-state index in [4.69, 9.17) is 22.8 Å². The zero-order chi connectivity index (χ0) is 12.9. The van der Waals surface area contributed by atoms with Crippen molar-refractivity contribution < 1.29 is 22.8 Å². The van der Waals surface area contributed by atoms with Crippen molar-refractivity contribution in [1.82, 2.24) is 0 Å². The first kappa shape index (κ1) is 18.4. The van der Waals surface area contributed by atoms with Crippen LogP contribution in [0, 0.1) is 0 Å². The molecule has 5 nitrogen and oxygen atoms in total. The molecule has 0 atom stereocenters. The molecule has 0 rings (SSSR count). The van der Waals surface area contributed by atoms with Gasteiger partial charge in [0.05, 0.1) is 6.61 Å². The highest BCUT2D eigenvalue weighted by atomic mass is 28.4. The molecule has 0 aromatic heterocycles. The maximum atomic E-state index is 8.93. The van der Waals surface area contributed by atoms with Crippen LogP contribution in [0.4, 0.5) is 0 Å². The molecule has 0 saturated heterocycles. The molecule has 0 N–H and O–H groups in total. The normalized spacial score (nSPS) is 10.9. The molecule has 0 aliphatic carbocycles. The minimum absolute atomic E-state index is 0. The summed E-state index contributed by atoms with van der Waals surface area (Å²) in [6, 6.07) is 0. The van der Waals surface area contributed by atoms with E-state index in [2.05, 4.69) is 0 Å². The highest BCUT2D eigenvalue weighted by molar-refractivity contribution is 6.53. The van der Waals surface area contributed by atoms with Gasteiger partial charge in [-0.05, 0) is 34.6 Å². The fourth-order valence-electron chi connectivity index (χ4n) is 0.957. The quantitative estimate of drug-likeness (QED) is 0.621. The zero-order valence-corrected chi connectivity index (χ0v) is 12.1. The van der Waals surface area contributed by atoms with E-state index in [9.17, 15) is 0 Å². The summed E-state index contributed by atoms with van der Waals surface area (Å²) < 4.78 is 21.7. The lowest BCUT2D eigenvalue weighted by Crippen LogP contribution is -2.49. The third-order valence-electron chi connectivity index (χ3n) is 1.28. The highest BCUT2D eigenvalue weighted by Crippen LogP contribution is 2.11. The molecule has 6 heteroatoms. The molecule has 0 amide bonds. The summed E-state index contributed by atoms with van der Waals surface area (Å²) in [6.45, 7) is 11.4. The molecule has 1 radical (unpaired) electrons. The highest BCUT2D eigenvalue weighted by Gasteiger charge is 2.44. The molecule has 99 valence electrons. The van der Waals surface area contributed by atoms with E-state index < -0.39 is 9.05 Å². The molecule has 0 aromatic rings. The van der Waals surface area contributed by atoms with Gasteiger partial charge in [-0.3, -0.25) is 0 Å². The van der Waals surface area contributed by atoms with Gasteiger partial charge in [-0.2, -0.15) is 0 Å². The molecule has 0 heterocycles. The van der Waals surface area contributed by atoms with E-state index >= 15 is 0 Å². The van der Waals surface area contributed by atoms with Gasteiger partial charge in [0, 0.05) is 26.4 Å². The van der Waals surface area contributed by atoms with Crippen LogP contribution in [0.25, 0.3) is 0 Å². The van der Waals surface area contributed by atoms with Gasteiger partial charge in [0.2, 0.25) is 0 Å². The Kier molecular flexibility index (Phi) is 15.0. The van der Waals surface area contributed by atoms with Gasteiger partial charge in [0.1, 0.15) is 0 Å². The maximum absolute atomic E-state index is 8.93. The predicted molar refractivity (Wildman–Crippen MR) is 63.5 cm³/mol. The third kappa shape index (κ3) is 9.26. The van der Waals surface area contributed by atoms with Gasteiger partial charge in [-0.25, -0.2) is 5.11 Å². The van der Waals surface area contributed by atoms with Gasteiger partial charge in [-0.1, -0.05) is 0 Å². The third-order valence-corrected chi connectivity index (χ3v) is 3.85. The van der Waals surface area contributed by atoms with Crippen molar-refractivity contribution in [3.8, 4) is 0 Å². The number of hydrogen-bond donors (Lipinski definition) is 0. The molecule has 0 bridgehead atoms. The van der Waals surface area contributed by atoms with Crippen molar-refractivity contribution in [1.29, 1.82) is 0 Å². The van der Waals surface area contributed by atoms with Crippen molar-refractivity contribution in [2.75, 3.05) is 33.0 Å². The first-order valence-corrected chi connectivity index (χ1v) is 7.43. The lowest BCUT2D eigenvalue weighted by atomic mass is 10.9. The topological polar surface area (TPSA) is 56.8 Å². The molecular formula is C10H25O5Si. The fourth-order valence-corrected chi connectivity index (χ4v) is 2.87. The number of rotatable bonds is 8. The summed E-state index contributed by atoms with van der Waals surface area (Å²) in [5.41, 5.74) is 0. The van der Waals surface area contributed by atoms with Gasteiger partial charge >= 0.3 is 9.05 Å². The van der Waals surface area contributed by atoms with Crippen LogP contribution in [0.3, 0.4) is 0 Å². The average molecular weight is 253 g/mol. The predicted octanol–water partition coefficient (Wildman–Crippen LogP) is 2.00. The van der Waals surface area contributed by atoms with Crippen molar-refractivity contribution in [2.45, 2.75) is 34.6 Å². The number of hydrogen-bond acceptors (Lipinski definition) is 4. The second-order valence-electron chi connectivity index (χ2n) is 2.52. The Morgan fingerprint density at radius 2 is 0.875 bits per heavy atom. The summed E-state index contributed by atoms with van der Waals surface area (Å²) in [4.78, 5) is 0. The summed E-state index contributed by atoms with van der Waals surface area (Å²) >= 11 is 0. The van der Waals surface area contributed by atoms with Gasteiger partial charge in [0.25, 0.3) is 0 Å². The van der Waals surface area contributed by atoms with Crippen LogP contribution in [0.1, 0.15) is 34.6 Å². The molecule has 0 aliphatic rings. The Morgan fingerprint density at radius 1 is 0.688 bits per heavy atom. The minimum atomic E-state index is -2.80. The molecule has 0 saturated carbocycles. The van der Waals surface area contributed by atoms with E-state index in [1.807, 2.05) is 27.7 Å². The molecule has 0 spiro atoms. The van der Waals surface area contributed by atoms with Crippen LogP contribution in [-0.4, -0.2) is 42.1 Å². The van der Waals surface area contributed by atoms with Crippen LogP contribution < -0.4 is 0 Å². The summed E-state index contributed by atoms with van der Waals surface area (Å²) in [5, 5.41) is 8.93. The minimum Gasteiger partial charge on any atom is -0.351 e. The van der Waals surface area contributed by atoms with Crippen molar-refractivity contribution in [3.05, 3.63) is 0 Å². The molecule has 16 heavy (non-hydrogen) atoms. The molecule has 0 aromatic carbocycles. The van der Waals surface area contributed by atoms with E-state index in [1.165, 1.54) is 0 Å². The lowest BCUT2D eigenvalue weighted by Gasteiger charge is -2.26. The van der Waals surface area contributed by atoms with Crippen LogP contribution in [0.2, 0.25) is 0 Å². The van der Waals surface area contributed by atoms with E-state index in [1.54, 1.807) is 6.92 Å². The second kappa shape index (κ2) is 13.1. The first-order chi connectivity index (χ1) is 7.66. The van der Waals surface area contributed by atoms with Gasteiger partial charge in [-0.15, -0.1) is 0 Å². The van der Waals surface area contributed by atoms with E-state index in [0.717, 1.165) is 0 Å². The van der Waals surface area contributed by atoms with Crippen LogP contribution >= 0.6 is 0 Å². The Hall–Kier alpha value is 0.0169. The lowest BCUT2D eigenvalue weighted by molar-refractivity contribution is -0.0247. The Labute approximate surface area is 100 Å². The van der Waals surface area contributed by atoms with Crippen molar-refractivity contribution >= 4 is 9.05 Å². The average Bonchev–Trinajstić information content (AvgIpc) is 2.20. The largest absolute Gasteiger partial charge is 0.679 e. The zero-order valence-electron chi connectivity index (χ0n) is 11.1. The fraction of sp³-hybridized carbons (Fsp3) is 1.00. The van der Waals surface area contributed by atoms with Gasteiger partial charge in [0.15, 0.2) is 0 Å². The van der Waals surface area contributed by atoms with Crippen LogP contribution in [0.5, 0.6) is 0 Å². The Balaban J connectivity index is 0. The maximum Gasteiger partial charge on any atom is 0.679 e. The molecular weight excluding hydrogens is 228 g/mol. The summed E-state index contributed by atoms with van der Waals surface area (Å²) in [6.07, 6.45) is 0. The van der Waals surface area contributed by atoms with Crippen molar-refractivity contribution in [3.63, 3.8) is 0 Å². The smallest absolute Gasteiger partial charge is 0.351 e. The van der Waals surface area contributed by atoms with E-state index in [0.29, 0.717) is 26.4 Å². The van der Waals surface area contributed by atoms with E-state index in [-0.39, 0.29) is 6.61 Å². The monoisotopic (exact) mass is 253 g/mol. The SMILES string of the molecule is CCO[Si](OCC)(OCC)OCC.CC[O]. The molecule has 0 aliphatic heterocycles. The Morgan fingerprint density at radius 3 is 1.00 bits per heavy atom. The van der Waals surface area contributed by atoms with Crippen LogP contribution in [0.15, 0.2) is 0 Å². The van der Waals surface area contributed by atoms with Crippen LogP contribution in [-0.2, 0) is 22.8 Å². The standard InChI is InChI=1S/C8H20O4Si.C2H5O/c1-5-9-13(10-6-2,11-7-3)12-8-4;1-2-3/h5-8H2,1-4H3;2H2,1H3. The first-order valence-electron chi connectivity index (χ1n) is 5.80. The second-order valence-corrected chi connectivity index (χ2v) is 4.68. The summed E-state index contributed by atoms with van der Waals surface area (Å²) in [5.74, 6) is 0. The van der Waals surface area contributed by atoms with Crippen molar-refractivity contribution in [2.24, 2.45) is 0 Å². The molecule has 0 fully saturated rings. The molecule has 0 unspecified atom stereocenters. The van der Waals surface area contributed by atoms with Gasteiger partial charge < -0.3 is 17.7 Å². The summed E-state index contributed by atoms with van der Waals surface area (Å²) in [7, 11) is -2.80.